The van der Waals surface area contributed by atoms with Gasteiger partial charge >= 0.3 is 0 Å². The first kappa shape index (κ1) is 26.1. The fourth-order valence-corrected chi connectivity index (χ4v) is 5.16. The number of hydrogen-bond acceptors (Lipinski definition) is 5. The van der Waals surface area contributed by atoms with Gasteiger partial charge in [0.25, 0.3) is 11.8 Å². The van der Waals surface area contributed by atoms with Crippen molar-refractivity contribution in [1.82, 2.24) is 19.8 Å². The summed E-state index contributed by atoms with van der Waals surface area (Å²) < 4.78 is 25.9. The number of sulfonamides is 1. The third-order valence-corrected chi connectivity index (χ3v) is 7.48. The molecule has 0 aliphatic heterocycles. The highest BCUT2D eigenvalue weighted by Crippen LogP contribution is 2.25. The van der Waals surface area contributed by atoms with E-state index < -0.39 is 21.8 Å². The largest absolute Gasteiger partial charge is 0.348 e. The van der Waals surface area contributed by atoms with Crippen molar-refractivity contribution < 1.29 is 18.0 Å². The quantitative estimate of drug-likeness (QED) is 0.432. The van der Waals surface area contributed by atoms with Gasteiger partial charge in [-0.3, -0.25) is 14.7 Å². The molecule has 0 bridgehead atoms. The molecule has 1 atom stereocenters. The Balaban J connectivity index is 2.02. The molecule has 0 fully saturated rings. The first-order chi connectivity index (χ1) is 15.1. The molecule has 2 amide bonds. The van der Waals surface area contributed by atoms with Crippen molar-refractivity contribution in [3.05, 3.63) is 45.7 Å². The fraction of sp³-hybridized carbons (Fsp3) is 0.450. The van der Waals surface area contributed by atoms with Crippen molar-refractivity contribution in [2.75, 3.05) is 24.2 Å². The summed E-state index contributed by atoms with van der Waals surface area (Å²) in [5, 5.41) is 12.1. The molecule has 9 nitrogen and oxygen atoms in total. The predicted molar refractivity (Wildman–Crippen MR) is 126 cm³/mol. The van der Waals surface area contributed by atoms with Crippen molar-refractivity contribution in [3.8, 4) is 0 Å². The third-order valence-electron chi connectivity index (χ3n) is 4.70. The smallest absolute Gasteiger partial charge is 0.271 e. The molecule has 3 N–H and O–H groups in total. The van der Waals surface area contributed by atoms with E-state index in [9.17, 15) is 18.0 Å². The number of halogens is 2. The number of benzene rings is 1. The zero-order chi connectivity index (χ0) is 23.9. The predicted octanol–water partition coefficient (Wildman–Crippen LogP) is 3.54. The number of amides is 2. The number of nitrogens with one attached hydrogen (secondary N) is 3. The molecule has 2 aromatic rings. The lowest BCUT2D eigenvalue weighted by Crippen LogP contribution is -2.39. The van der Waals surface area contributed by atoms with E-state index in [1.54, 1.807) is 19.9 Å². The van der Waals surface area contributed by atoms with Crippen LogP contribution < -0.4 is 10.6 Å². The Morgan fingerprint density at radius 2 is 1.84 bits per heavy atom. The van der Waals surface area contributed by atoms with Crippen LogP contribution >= 0.6 is 23.2 Å². The van der Waals surface area contributed by atoms with Gasteiger partial charge in [-0.1, -0.05) is 43.1 Å². The summed E-state index contributed by atoms with van der Waals surface area (Å²) in [7, 11) is -3.31. The average molecular weight is 504 g/mol. The maximum atomic E-state index is 12.7. The molecule has 1 heterocycles. The van der Waals surface area contributed by atoms with E-state index in [1.165, 1.54) is 22.6 Å². The molecule has 2 rings (SSSR count). The molecule has 1 aromatic heterocycles. The van der Waals surface area contributed by atoms with Crippen molar-refractivity contribution in [2.24, 2.45) is 0 Å². The molecule has 0 saturated heterocycles. The summed E-state index contributed by atoms with van der Waals surface area (Å²) in [6.07, 6.45) is 2.27. The average Bonchev–Trinajstić information content (AvgIpc) is 3.16. The summed E-state index contributed by atoms with van der Waals surface area (Å²) in [6.45, 7) is 6.02. The zero-order valence-corrected chi connectivity index (χ0v) is 20.4. The second-order valence-corrected chi connectivity index (χ2v) is 10.1. The topological polar surface area (TPSA) is 124 Å². The monoisotopic (exact) mass is 503 g/mol. The summed E-state index contributed by atoms with van der Waals surface area (Å²) in [5.74, 6) is -0.979. The van der Waals surface area contributed by atoms with Crippen LogP contribution in [0, 0.1) is 0 Å². The molecule has 12 heteroatoms. The number of carbonyl (C=O) groups excluding carboxylic acids is 2. The van der Waals surface area contributed by atoms with Crippen LogP contribution in [0.2, 0.25) is 10.0 Å². The number of carbonyl (C=O) groups is 2. The minimum absolute atomic E-state index is 0.0549. The molecule has 0 aliphatic rings. The van der Waals surface area contributed by atoms with Gasteiger partial charge in [-0.15, -0.1) is 0 Å². The van der Waals surface area contributed by atoms with Crippen LogP contribution in [-0.4, -0.2) is 59.6 Å². The number of nitrogens with zero attached hydrogens (tertiary/aromatic N) is 2. The normalized spacial score (nSPS) is 12.6. The van der Waals surface area contributed by atoms with Crippen LogP contribution in [-0.2, 0) is 10.0 Å². The maximum Gasteiger partial charge on any atom is 0.271 e. The van der Waals surface area contributed by atoms with Gasteiger partial charge in [0.1, 0.15) is 5.69 Å². The van der Waals surface area contributed by atoms with Gasteiger partial charge in [0, 0.05) is 19.1 Å². The van der Waals surface area contributed by atoms with Crippen molar-refractivity contribution in [1.29, 1.82) is 0 Å². The Morgan fingerprint density at radius 1 is 1.19 bits per heavy atom. The number of aromatic amines is 1. The van der Waals surface area contributed by atoms with E-state index in [0.717, 1.165) is 0 Å². The van der Waals surface area contributed by atoms with Crippen LogP contribution in [0.25, 0.3) is 0 Å². The number of H-pyrrole nitrogens is 1. The molecule has 1 unspecified atom stereocenters. The van der Waals surface area contributed by atoms with E-state index in [2.05, 4.69) is 20.8 Å². The van der Waals surface area contributed by atoms with E-state index >= 15 is 0 Å². The Bertz CT molecular complexity index is 1040. The summed E-state index contributed by atoms with van der Waals surface area (Å²) in [5.41, 5.74) is 0.306. The summed E-state index contributed by atoms with van der Waals surface area (Å²) in [6, 6.07) is 4.37. The zero-order valence-electron chi connectivity index (χ0n) is 18.1. The molecule has 32 heavy (non-hydrogen) atoms. The lowest BCUT2D eigenvalue weighted by atomic mass is 10.2. The van der Waals surface area contributed by atoms with E-state index in [1.807, 2.05) is 6.92 Å². The van der Waals surface area contributed by atoms with Crippen LogP contribution in [0.4, 0.5) is 5.69 Å². The van der Waals surface area contributed by atoms with Crippen molar-refractivity contribution >= 4 is 50.7 Å². The summed E-state index contributed by atoms with van der Waals surface area (Å²) in [4.78, 5) is 25.3. The minimum atomic E-state index is -3.31. The highest BCUT2D eigenvalue weighted by atomic mass is 35.5. The second kappa shape index (κ2) is 11.6. The van der Waals surface area contributed by atoms with Crippen molar-refractivity contribution in [2.45, 2.75) is 39.7 Å². The standard InChI is InChI=1S/C20H27Cl2N5O4S/c1-4-11-32(30,31)27(5-2)10-9-13(3)24-20(29)18-16(12-23-26-18)25-19(28)17-14(21)7-6-8-15(17)22/h6-8,12-13H,4-5,9-11H2,1-3H3,(H,23,26)(H,24,29)(H,25,28). The van der Waals surface area contributed by atoms with Gasteiger partial charge in [0.05, 0.1) is 33.2 Å². The first-order valence-electron chi connectivity index (χ1n) is 10.2. The van der Waals surface area contributed by atoms with Gasteiger partial charge in [-0.25, -0.2) is 12.7 Å². The van der Waals surface area contributed by atoms with Gasteiger partial charge < -0.3 is 10.6 Å². The van der Waals surface area contributed by atoms with Crippen LogP contribution in [0.5, 0.6) is 0 Å². The van der Waals surface area contributed by atoms with E-state index in [0.29, 0.717) is 19.4 Å². The van der Waals surface area contributed by atoms with Gasteiger partial charge in [0.2, 0.25) is 10.0 Å². The molecule has 0 radical (unpaired) electrons. The maximum absolute atomic E-state index is 12.7. The fourth-order valence-electron chi connectivity index (χ4n) is 3.04. The second-order valence-electron chi connectivity index (χ2n) is 7.18. The van der Waals surface area contributed by atoms with E-state index in [-0.39, 0.29) is 45.3 Å². The third kappa shape index (κ3) is 6.68. The number of rotatable bonds is 11. The Labute approximate surface area is 197 Å². The molecule has 0 saturated carbocycles. The Morgan fingerprint density at radius 3 is 2.44 bits per heavy atom. The molecular formula is C20H27Cl2N5O4S. The van der Waals surface area contributed by atoms with Gasteiger partial charge in [-0.05, 0) is 31.9 Å². The minimum Gasteiger partial charge on any atom is -0.348 e. The lowest BCUT2D eigenvalue weighted by Gasteiger charge is -2.22. The number of anilines is 1. The van der Waals surface area contributed by atoms with Crippen molar-refractivity contribution in [3.63, 3.8) is 0 Å². The van der Waals surface area contributed by atoms with Crippen LogP contribution in [0.15, 0.2) is 24.4 Å². The Kier molecular flexibility index (Phi) is 9.50. The number of aromatic nitrogens is 2. The first-order valence-corrected chi connectivity index (χ1v) is 12.5. The SMILES string of the molecule is CCCS(=O)(=O)N(CC)CCC(C)NC(=O)c1[nH]ncc1NC(=O)c1c(Cl)cccc1Cl. The highest BCUT2D eigenvalue weighted by Gasteiger charge is 2.23. The van der Waals surface area contributed by atoms with Crippen LogP contribution in [0.3, 0.4) is 0 Å². The van der Waals surface area contributed by atoms with E-state index in [4.69, 9.17) is 23.2 Å². The molecule has 176 valence electrons. The molecule has 0 aliphatic carbocycles. The Hall–Kier alpha value is -2.14. The number of hydrogen-bond donors (Lipinski definition) is 3. The molecular weight excluding hydrogens is 477 g/mol. The van der Waals surface area contributed by atoms with Crippen LogP contribution in [0.1, 0.15) is 54.5 Å². The molecule has 1 aromatic carbocycles. The van der Waals surface area contributed by atoms with Gasteiger partial charge in [-0.2, -0.15) is 5.10 Å². The molecule has 0 spiro atoms. The highest BCUT2D eigenvalue weighted by molar-refractivity contribution is 7.89. The summed E-state index contributed by atoms with van der Waals surface area (Å²) >= 11 is 12.1. The van der Waals surface area contributed by atoms with Gasteiger partial charge in [0.15, 0.2) is 0 Å². The lowest BCUT2D eigenvalue weighted by molar-refractivity contribution is 0.0933.